The molecule has 1 saturated carbocycles. The molecule has 0 radical (unpaired) electrons. The third-order valence-corrected chi connectivity index (χ3v) is 5.13. The van der Waals surface area contributed by atoms with Crippen LogP contribution in [0.3, 0.4) is 0 Å². The first-order chi connectivity index (χ1) is 11.6. The van der Waals surface area contributed by atoms with Gasteiger partial charge in [-0.15, -0.1) is 23.7 Å². The number of thiazole rings is 1. The Bertz CT molecular complexity index is 872. The molecule has 0 atom stereocenters. The zero-order valence-corrected chi connectivity index (χ0v) is 14.7. The number of halogens is 3. The van der Waals surface area contributed by atoms with Gasteiger partial charge in [-0.2, -0.15) is 4.98 Å². The van der Waals surface area contributed by atoms with Crippen molar-refractivity contribution in [1.82, 2.24) is 15.1 Å². The average Bonchev–Trinajstić information content (AvgIpc) is 3.26. The van der Waals surface area contributed by atoms with Crippen LogP contribution < -0.4 is 5.73 Å². The summed E-state index contributed by atoms with van der Waals surface area (Å²) in [5, 5.41) is 5.83. The molecule has 1 aliphatic rings. The maximum absolute atomic E-state index is 13.9. The van der Waals surface area contributed by atoms with Crippen LogP contribution in [0.4, 0.5) is 8.78 Å². The van der Waals surface area contributed by atoms with Gasteiger partial charge < -0.3 is 10.3 Å². The van der Waals surface area contributed by atoms with Crippen molar-refractivity contribution < 1.29 is 13.3 Å². The molecule has 1 aliphatic carbocycles. The summed E-state index contributed by atoms with van der Waals surface area (Å²) in [7, 11) is 0. The average molecular weight is 385 g/mol. The zero-order valence-electron chi connectivity index (χ0n) is 13.0. The van der Waals surface area contributed by atoms with E-state index in [1.54, 1.807) is 5.38 Å². The molecule has 2 heterocycles. The molecule has 25 heavy (non-hydrogen) atoms. The molecule has 2 aromatic heterocycles. The summed E-state index contributed by atoms with van der Waals surface area (Å²) in [4.78, 5) is 8.58. The van der Waals surface area contributed by atoms with Gasteiger partial charge in [0.05, 0.1) is 11.1 Å². The molecule has 0 unspecified atom stereocenters. The van der Waals surface area contributed by atoms with Crippen LogP contribution in [0.1, 0.15) is 31.5 Å². The molecule has 0 spiro atoms. The summed E-state index contributed by atoms with van der Waals surface area (Å²) < 4.78 is 33.0. The summed E-state index contributed by atoms with van der Waals surface area (Å²) in [5.41, 5.74) is 5.98. The molecular weight excluding hydrogens is 370 g/mol. The molecule has 3 aromatic rings. The second-order valence-electron chi connectivity index (χ2n) is 5.92. The highest BCUT2D eigenvalue weighted by atomic mass is 35.5. The smallest absolute Gasteiger partial charge is 0.277 e. The molecule has 2 N–H and O–H groups in total. The van der Waals surface area contributed by atoms with Gasteiger partial charge in [-0.25, -0.2) is 13.8 Å². The third kappa shape index (κ3) is 3.17. The number of nitrogens with zero attached hydrogens (tertiary/aromatic N) is 3. The molecule has 0 aliphatic heterocycles. The Kier molecular flexibility index (Phi) is 4.86. The topological polar surface area (TPSA) is 77.8 Å². The van der Waals surface area contributed by atoms with E-state index in [1.807, 2.05) is 0 Å². The molecule has 0 amide bonds. The van der Waals surface area contributed by atoms with Gasteiger partial charge in [0, 0.05) is 5.38 Å². The van der Waals surface area contributed by atoms with E-state index in [4.69, 9.17) is 10.3 Å². The van der Waals surface area contributed by atoms with Crippen molar-refractivity contribution in [3.05, 3.63) is 41.0 Å². The van der Waals surface area contributed by atoms with Crippen molar-refractivity contribution in [3.63, 3.8) is 0 Å². The van der Waals surface area contributed by atoms with Crippen molar-refractivity contribution in [2.75, 3.05) is 0 Å². The first-order valence-electron chi connectivity index (χ1n) is 7.60. The number of hydrogen-bond donors (Lipinski definition) is 1. The number of rotatable bonds is 3. The summed E-state index contributed by atoms with van der Waals surface area (Å²) >= 11 is 1.12. The Balaban J connectivity index is 0.00000182. The fraction of sp³-hybridized carbons (Fsp3) is 0.312. The van der Waals surface area contributed by atoms with Gasteiger partial charge in [-0.3, -0.25) is 0 Å². The van der Waals surface area contributed by atoms with Crippen molar-refractivity contribution in [1.29, 1.82) is 0 Å². The SMILES string of the molecule is Cl.NC1(c2noc(-c3csc(-c4c(F)cccc4F)n3)n2)CCCC1. The molecule has 0 bridgehead atoms. The van der Waals surface area contributed by atoms with Gasteiger partial charge in [0.1, 0.15) is 22.3 Å². The number of benzene rings is 1. The Morgan fingerprint density at radius 2 is 1.80 bits per heavy atom. The lowest BCUT2D eigenvalue weighted by atomic mass is 9.99. The minimum absolute atomic E-state index is 0. The van der Waals surface area contributed by atoms with Crippen LogP contribution in [0.15, 0.2) is 28.1 Å². The van der Waals surface area contributed by atoms with Gasteiger partial charge in [0.25, 0.3) is 5.89 Å². The largest absolute Gasteiger partial charge is 0.332 e. The van der Waals surface area contributed by atoms with Gasteiger partial charge in [0.2, 0.25) is 0 Å². The van der Waals surface area contributed by atoms with E-state index in [1.165, 1.54) is 18.2 Å². The number of aromatic nitrogens is 3. The number of nitrogens with two attached hydrogens (primary N) is 1. The van der Waals surface area contributed by atoms with Crippen LogP contribution in [0.25, 0.3) is 22.2 Å². The van der Waals surface area contributed by atoms with Crippen molar-refractivity contribution in [2.45, 2.75) is 31.2 Å². The molecule has 1 fully saturated rings. The summed E-state index contributed by atoms with van der Waals surface area (Å²) in [5.74, 6) is -0.648. The quantitative estimate of drug-likeness (QED) is 0.728. The lowest BCUT2D eigenvalue weighted by molar-refractivity contribution is 0.372. The highest BCUT2D eigenvalue weighted by molar-refractivity contribution is 7.13. The second kappa shape index (κ2) is 6.78. The lowest BCUT2D eigenvalue weighted by Gasteiger charge is -2.17. The lowest BCUT2D eigenvalue weighted by Crippen LogP contribution is -2.34. The standard InChI is InChI=1S/C16H14F2N4OS.ClH/c17-9-4-3-5-10(18)12(9)14-20-11(8-24-14)13-21-15(22-23-13)16(19)6-1-2-7-16;/h3-5,8H,1-2,6-7,19H2;1H. The Hall–Kier alpha value is -1.90. The van der Waals surface area contributed by atoms with E-state index in [0.29, 0.717) is 11.5 Å². The van der Waals surface area contributed by atoms with Crippen LogP contribution in [-0.2, 0) is 5.54 Å². The van der Waals surface area contributed by atoms with Gasteiger partial charge in [-0.05, 0) is 25.0 Å². The van der Waals surface area contributed by atoms with Crippen molar-refractivity contribution >= 4 is 23.7 Å². The summed E-state index contributed by atoms with van der Waals surface area (Å²) in [6, 6.07) is 3.71. The van der Waals surface area contributed by atoms with Crippen LogP contribution >= 0.6 is 23.7 Å². The molecule has 1 aromatic carbocycles. The Morgan fingerprint density at radius 1 is 1.12 bits per heavy atom. The summed E-state index contributed by atoms with van der Waals surface area (Å²) in [6.07, 6.45) is 3.70. The molecule has 4 rings (SSSR count). The maximum atomic E-state index is 13.9. The molecule has 0 saturated heterocycles. The predicted molar refractivity (Wildman–Crippen MR) is 92.3 cm³/mol. The summed E-state index contributed by atoms with van der Waals surface area (Å²) in [6.45, 7) is 0. The van der Waals surface area contributed by atoms with Crippen molar-refractivity contribution in [3.8, 4) is 22.2 Å². The van der Waals surface area contributed by atoms with E-state index >= 15 is 0 Å². The van der Waals surface area contributed by atoms with Crippen LogP contribution in [0.2, 0.25) is 0 Å². The fourth-order valence-corrected chi connectivity index (χ4v) is 3.79. The first-order valence-corrected chi connectivity index (χ1v) is 8.48. The van der Waals surface area contributed by atoms with Gasteiger partial charge in [-0.1, -0.05) is 24.1 Å². The van der Waals surface area contributed by atoms with Gasteiger partial charge in [0.15, 0.2) is 5.82 Å². The Morgan fingerprint density at radius 3 is 2.48 bits per heavy atom. The highest BCUT2D eigenvalue weighted by Gasteiger charge is 2.36. The Labute approximate surface area is 152 Å². The number of hydrogen-bond acceptors (Lipinski definition) is 6. The minimum atomic E-state index is -0.658. The van der Waals surface area contributed by atoms with E-state index in [2.05, 4.69) is 15.1 Å². The van der Waals surface area contributed by atoms with Crippen LogP contribution in [0, 0.1) is 11.6 Å². The molecule has 132 valence electrons. The van der Waals surface area contributed by atoms with E-state index in [9.17, 15) is 8.78 Å². The van der Waals surface area contributed by atoms with Gasteiger partial charge >= 0.3 is 0 Å². The maximum Gasteiger partial charge on any atom is 0.277 e. The van der Waals surface area contributed by atoms with Crippen molar-refractivity contribution in [2.24, 2.45) is 5.73 Å². The van der Waals surface area contributed by atoms with Crippen LogP contribution in [-0.4, -0.2) is 15.1 Å². The zero-order chi connectivity index (χ0) is 16.7. The van der Waals surface area contributed by atoms with E-state index in [0.717, 1.165) is 37.0 Å². The van der Waals surface area contributed by atoms with E-state index < -0.39 is 17.2 Å². The highest BCUT2D eigenvalue weighted by Crippen LogP contribution is 2.36. The molecule has 5 nitrogen and oxygen atoms in total. The molecular formula is C16H15ClF2N4OS. The third-order valence-electron chi connectivity index (χ3n) is 4.27. The van der Waals surface area contributed by atoms with E-state index in [-0.39, 0.29) is 28.9 Å². The minimum Gasteiger partial charge on any atom is -0.332 e. The molecule has 9 heteroatoms. The predicted octanol–water partition coefficient (Wildman–Crippen LogP) is 4.29. The first kappa shape index (κ1) is 17.9. The fourth-order valence-electron chi connectivity index (χ4n) is 2.95. The second-order valence-corrected chi connectivity index (χ2v) is 6.78. The normalized spacial score (nSPS) is 16.0. The van der Waals surface area contributed by atoms with Crippen LogP contribution in [0.5, 0.6) is 0 Å². The monoisotopic (exact) mass is 384 g/mol.